The molecule has 2 aliphatic heterocycles. The number of piperazine rings is 1. The van der Waals surface area contributed by atoms with Crippen LogP contribution in [0.25, 0.3) is 0 Å². The predicted octanol–water partition coefficient (Wildman–Crippen LogP) is 0.572. The van der Waals surface area contributed by atoms with Gasteiger partial charge in [-0.2, -0.15) is 0 Å². The van der Waals surface area contributed by atoms with E-state index < -0.39 is 0 Å². The number of rotatable bonds is 4. The monoisotopic (exact) mass is 305 g/mol. The van der Waals surface area contributed by atoms with Crippen LogP contribution in [-0.4, -0.2) is 67.7 Å². The summed E-state index contributed by atoms with van der Waals surface area (Å²) in [6, 6.07) is -0.352. The van der Waals surface area contributed by atoms with Gasteiger partial charge in [-0.15, -0.1) is 12.4 Å². The number of nitrogens with two attached hydrogens (primary N) is 1. The van der Waals surface area contributed by atoms with Crippen molar-refractivity contribution in [2.24, 2.45) is 17.6 Å². The molecule has 2 rings (SSSR count). The van der Waals surface area contributed by atoms with Gasteiger partial charge in [0, 0.05) is 39.3 Å². The Kier molecular flexibility index (Phi) is 7.23. The lowest BCUT2D eigenvalue weighted by Crippen LogP contribution is -2.54. The highest BCUT2D eigenvalue weighted by atomic mass is 35.5. The Morgan fingerprint density at radius 1 is 1.30 bits per heavy atom. The molecule has 0 bridgehead atoms. The lowest BCUT2D eigenvalue weighted by atomic mass is 10.0. The lowest BCUT2D eigenvalue weighted by molar-refractivity contribution is -0.135. The van der Waals surface area contributed by atoms with Crippen molar-refractivity contribution in [3.63, 3.8) is 0 Å². The average molecular weight is 306 g/mol. The molecule has 2 aliphatic rings. The summed E-state index contributed by atoms with van der Waals surface area (Å²) in [5, 5.41) is 0. The molecule has 0 aromatic carbocycles. The molecule has 2 N–H and O–H groups in total. The molecular weight excluding hydrogens is 278 g/mol. The van der Waals surface area contributed by atoms with Gasteiger partial charge >= 0.3 is 0 Å². The number of hydrogen-bond donors (Lipinski definition) is 1. The highest BCUT2D eigenvalue weighted by Crippen LogP contribution is 2.15. The first-order chi connectivity index (χ1) is 9.08. The minimum Gasteiger partial charge on any atom is -0.381 e. The number of ether oxygens (including phenoxy) is 1. The first kappa shape index (κ1) is 17.7. The van der Waals surface area contributed by atoms with Gasteiger partial charge < -0.3 is 15.4 Å². The standard InChI is InChI=1S/C14H27N3O2.ClH/c1-11(2)13(15)14(18)17-6-4-16(5-7-17)9-12-3-8-19-10-12;/h11-13H,3-10,15H2,1-2H3;1H/t12?,13-;/m0./s1. The van der Waals surface area contributed by atoms with E-state index in [-0.39, 0.29) is 30.3 Å². The Morgan fingerprint density at radius 2 is 1.95 bits per heavy atom. The van der Waals surface area contributed by atoms with E-state index in [9.17, 15) is 4.79 Å². The normalized spacial score (nSPS) is 25.6. The summed E-state index contributed by atoms with van der Waals surface area (Å²) in [7, 11) is 0. The second kappa shape index (κ2) is 8.17. The zero-order valence-corrected chi connectivity index (χ0v) is 13.4. The highest BCUT2D eigenvalue weighted by Gasteiger charge is 2.28. The molecule has 2 saturated heterocycles. The van der Waals surface area contributed by atoms with Gasteiger partial charge in [0.1, 0.15) is 0 Å². The maximum Gasteiger partial charge on any atom is 0.239 e. The zero-order valence-electron chi connectivity index (χ0n) is 12.6. The van der Waals surface area contributed by atoms with Crippen molar-refractivity contribution in [1.29, 1.82) is 0 Å². The van der Waals surface area contributed by atoms with E-state index >= 15 is 0 Å². The van der Waals surface area contributed by atoms with E-state index in [1.54, 1.807) is 0 Å². The summed E-state index contributed by atoms with van der Waals surface area (Å²) >= 11 is 0. The fourth-order valence-electron chi connectivity index (χ4n) is 2.74. The topological polar surface area (TPSA) is 58.8 Å². The second-order valence-corrected chi connectivity index (χ2v) is 6.13. The zero-order chi connectivity index (χ0) is 13.8. The molecule has 1 amide bonds. The molecule has 0 saturated carbocycles. The third-order valence-electron chi connectivity index (χ3n) is 4.23. The van der Waals surface area contributed by atoms with E-state index in [2.05, 4.69) is 4.90 Å². The van der Waals surface area contributed by atoms with E-state index in [1.807, 2.05) is 18.7 Å². The van der Waals surface area contributed by atoms with Crippen molar-refractivity contribution in [2.75, 3.05) is 45.9 Å². The Balaban J connectivity index is 0.00000200. The van der Waals surface area contributed by atoms with E-state index in [4.69, 9.17) is 10.5 Å². The third kappa shape index (κ3) is 4.58. The van der Waals surface area contributed by atoms with Crippen molar-refractivity contribution < 1.29 is 9.53 Å². The summed E-state index contributed by atoms with van der Waals surface area (Å²) in [6.07, 6.45) is 1.18. The Bertz CT molecular complexity index is 301. The highest BCUT2D eigenvalue weighted by molar-refractivity contribution is 5.85. The average Bonchev–Trinajstić information content (AvgIpc) is 2.90. The van der Waals surface area contributed by atoms with Crippen LogP contribution in [0.4, 0.5) is 0 Å². The minimum atomic E-state index is -0.352. The maximum absolute atomic E-state index is 12.2. The van der Waals surface area contributed by atoms with Gasteiger partial charge in [0.05, 0.1) is 12.6 Å². The minimum absolute atomic E-state index is 0. The molecule has 2 atom stereocenters. The third-order valence-corrected chi connectivity index (χ3v) is 4.23. The smallest absolute Gasteiger partial charge is 0.239 e. The quantitative estimate of drug-likeness (QED) is 0.825. The Hall–Kier alpha value is -0.360. The molecule has 2 heterocycles. The van der Waals surface area contributed by atoms with Crippen molar-refractivity contribution in [3.05, 3.63) is 0 Å². The molecular formula is C14H28ClN3O2. The van der Waals surface area contributed by atoms with Crippen LogP contribution in [0.1, 0.15) is 20.3 Å². The number of carbonyl (C=O) groups is 1. The van der Waals surface area contributed by atoms with Crippen LogP contribution in [0.15, 0.2) is 0 Å². The van der Waals surface area contributed by atoms with Crippen LogP contribution in [0.5, 0.6) is 0 Å². The van der Waals surface area contributed by atoms with Gasteiger partial charge in [-0.1, -0.05) is 13.8 Å². The van der Waals surface area contributed by atoms with Gasteiger partial charge in [-0.05, 0) is 18.3 Å². The Morgan fingerprint density at radius 3 is 2.45 bits per heavy atom. The molecule has 118 valence electrons. The molecule has 0 aromatic rings. The molecule has 1 unspecified atom stereocenters. The fraction of sp³-hybridized carbons (Fsp3) is 0.929. The molecule has 20 heavy (non-hydrogen) atoms. The van der Waals surface area contributed by atoms with Crippen LogP contribution in [0.2, 0.25) is 0 Å². The van der Waals surface area contributed by atoms with Gasteiger partial charge in [0.2, 0.25) is 5.91 Å². The van der Waals surface area contributed by atoms with Crippen LogP contribution >= 0.6 is 12.4 Å². The molecule has 0 spiro atoms. The summed E-state index contributed by atoms with van der Waals surface area (Å²) in [6.45, 7) is 10.5. The summed E-state index contributed by atoms with van der Waals surface area (Å²) < 4.78 is 5.41. The van der Waals surface area contributed by atoms with Gasteiger partial charge in [-0.3, -0.25) is 9.69 Å². The van der Waals surface area contributed by atoms with E-state index in [0.717, 1.165) is 45.9 Å². The van der Waals surface area contributed by atoms with Crippen LogP contribution in [0.3, 0.4) is 0 Å². The van der Waals surface area contributed by atoms with Gasteiger partial charge in [-0.25, -0.2) is 0 Å². The number of hydrogen-bond acceptors (Lipinski definition) is 4. The van der Waals surface area contributed by atoms with Crippen LogP contribution in [0, 0.1) is 11.8 Å². The molecule has 0 radical (unpaired) electrons. The van der Waals surface area contributed by atoms with Crippen molar-refractivity contribution >= 4 is 18.3 Å². The summed E-state index contributed by atoms with van der Waals surface area (Å²) in [5.74, 6) is 1.00. The first-order valence-corrected chi connectivity index (χ1v) is 7.42. The van der Waals surface area contributed by atoms with Crippen molar-refractivity contribution in [2.45, 2.75) is 26.3 Å². The SMILES string of the molecule is CC(C)[C@H](N)C(=O)N1CCN(CC2CCOC2)CC1.Cl. The van der Waals surface area contributed by atoms with Crippen LogP contribution in [-0.2, 0) is 9.53 Å². The summed E-state index contributed by atoms with van der Waals surface area (Å²) in [5.41, 5.74) is 5.94. The lowest BCUT2D eigenvalue weighted by Gasteiger charge is -2.37. The number of nitrogens with zero attached hydrogens (tertiary/aromatic N) is 2. The van der Waals surface area contributed by atoms with Gasteiger partial charge in [0.25, 0.3) is 0 Å². The maximum atomic E-state index is 12.2. The predicted molar refractivity (Wildman–Crippen MR) is 82.0 cm³/mol. The first-order valence-electron chi connectivity index (χ1n) is 7.42. The van der Waals surface area contributed by atoms with E-state index in [1.165, 1.54) is 6.42 Å². The largest absolute Gasteiger partial charge is 0.381 e. The fourth-order valence-corrected chi connectivity index (χ4v) is 2.74. The number of halogens is 1. The molecule has 5 nitrogen and oxygen atoms in total. The van der Waals surface area contributed by atoms with Gasteiger partial charge in [0.15, 0.2) is 0 Å². The molecule has 0 aliphatic carbocycles. The summed E-state index contributed by atoms with van der Waals surface area (Å²) in [4.78, 5) is 16.5. The molecule has 6 heteroatoms. The number of amides is 1. The van der Waals surface area contributed by atoms with Crippen LogP contribution < -0.4 is 5.73 Å². The van der Waals surface area contributed by atoms with E-state index in [0.29, 0.717) is 5.92 Å². The second-order valence-electron chi connectivity index (χ2n) is 6.13. The van der Waals surface area contributed by atoms with Crippen molar-refractivity contribution in [3.8, 4) is 0 Å². The number of carbonyl (C=O) groups excluding carboxylic acids is 1. The molecule has 2 fully saturated rings. The molecule has 0 aromatic heterocycles. The van der Waals surface area contributed by atoms with Crippen molar-refractivity contribution in [1.82, 2.24) is 9.80 Å². The Labute approximate surface area is 128 Å².